The van der Waals surface area contributed by atoms with Gasteiger partial charge in [-0.25, -0.2) is 9.13 Å². The highest BCUT2D eigenvalue weighted by Crippen LogP contribution is 2.45. The van der Waals surface area contributed by atoms with Crippen molar-refractivity contribution in [1.29, 1.82) is 0 Å². The second-order valence-electron chi connectivity index (χ2n) is 17.9. The summed E-state index contributed by atoms with van der Waals surface area (Å²) in [6.07, 6.45) is 44.1. The molecule has 0 radical (unpaired) electrons. The van der Waals surface area contributed by atoms with Crippen LogP contribution in [0.4, 0.5) is 0 Å². The van der Waals surface area contributed by atoms with Crippen LogP contribution in [-0.4, -0.2) is 95.0 Å². The standard InChI is InChI=1S/C51H96O15P2/c1-3-5-7-9-11-13-15-17-19-20-21-22-23-24-26-28-30-32-34-36-38-40-51(56)62-42-48(53)44-64-68(59,60)66-46-49(54)45-65-67(57,58)63-43-47(52)41-61-50(55)39-37-35-33-31-29-27-25-18-16-14-12-10-8-6-4-2/h12,14,16-19,47-49,52-54H,3-11,13,15,20-46H2,1-2H3,(H,57,58)(H,59,60)/b14-12+,18-16+,19-17+. The highest BCUT2D eigenvalue weighted by atomic mass is 31.2. The average Bonchev–Trinajstić information content (AvgIpc) is 3.31. The molecule has 0 aliphatic carbocycles. The molecule has 15 nitrogen and oxygen atoms in total. The van der Waals surface area contributed by atoms with Gasteiger partial charge in [0.1, 0.15) is 31.5 Å². The van der Waals surface area contributed by atoms with E-state index < -0.39 is 85.5 Å². The molecule has 0 aliphatic rings. The predicted octanol–water partition coefficient (Wildman–Crippen LogP) is 12.6. The molecule has 0 heterocycles. The number of aliphatic hydroxyl groups is 3. The molecule has 68 heavy (non-hydrogen) atoms. The summed E-state index contributed by atoms with van der Waals surface area (Å²) in [4.78, 5) is 43.8. The van der Waals surface area contributed by atoms with Crippen LogP contribution in [-0.2, 0) is 46.3 Å². The molecule has 0 aliphatic heterocycles. The highest BCUT2D eigenvalue weighted by Gasteiger charge is 2.28. The fourth-order valence-corrected chi connectivity index (χ4v) is 8.55. The van der Waals surface area contributed by atoms with Crippen LogP contribution in [0.15, 0.2) is 36.5 Å². The van der Waals surface area contributed by atoms with Gasteiger partial charge in [0.25, 0.3) is 0 Å². The Morgan fingerprint density at radius 2 is 0.632 bits per heavy atom. The van der Waals surface area contributed by atoms with Crippen LogP contribution < -0.4 is 0 Å². The van der Waals surface area contributed by atoms with E-state index in [9.17, 15) is 43.8 Å². The Morgan fingerprint density at radius 3 is 0.971 bits per heavy atom. The topological polar surface area (TPSA) is 225 Å². The number of ether oxygens (including phenoxy) is 2. The Morgan fingerprint density at radius 1 is 0.382 bits per heavy atom. The fraction of sp³-hybridized carbons (Fsp3) is 0.843. The number of esters is 2. The third-order valence-corrected chi connectivity index (χ3v) is 13.0. The lowest BCUT2D eigenvalue weighted by Gasteiger charge is -2.19. The van der Waals surface area contributed by atoms with Crippen molar-refractivity contribution in [2.75, 3.05) is 39.6 Å². The van der Waals surface area contributed by atoms with Crippen molar-refractivity contribution >= 4 is 27.6 Å². The van der Waals surface area contributed by atoms with E-state index in [2.05, 4.69) is 63.9 Å². The van der Waals surface area contributed by atoms with E-state index in [1.807, 2.05) is 0 Å². The molecule has 0 aromatic heterocycles. The molecule has 0 aromatic rings. The average molecular weight is 1010 g/mol. The van der Waals surface area contributed by atoms with E-state index in [1.54, 1.807) is 0 Å². The van der Waals surface area contributed by atoms with Gasteiger partial charge in [-0.05, 0) is 64.2 Å². The van der Waals surface area contributed by atoms with Crippen molar-refractivity contribution < 1.29 is 71.4 Å². The molecule has 0 spiro atoms. The smallest absolute Gasteiger partial charge is 0.463 e. The Labute approximate surface area is 411 Å². The van der Waals surface area contributed by atoms with E-state index >= 15 is 0 Å². The summed E-state index contributed by atoms with van der Waals surface area (Å²) >= 11 is 0. The summed E-state index contributed by atoms with van der Waals surface area (Å²) < 4.78 is 53.1. The number of allylic oxidation sites excluding steroid dienone is 6. The van der Waals surface area contributed by atoms with Crippen LogP contribution in [0, 0.1) is 0 Å². The van der Waals surface area contributed by atoms with Gasteiger partial charge in [0, 0.05) is 12.8 Å². The van der Waals surface area contributed by atoms with Crippen LogP contribution in [0.1, 0.15) is 219 Å². The predicted molar refractivity (Wildman–Crippen MR) is 270 cm³/mol. The van der Waals surface area contributed by atoms with Crippen molar-refractivity contribution in [2.45, 2.75) is 238 Å². The van der Waals surface area contributed by atoms with E-state index in [0.717, 1.165) is 64.2 Å². The van der Waals surface area contributed by atoms with Gasteiger partial charge >= 0.3 is 27.6 Å². The Bertz CT molecular complexity index is 1360. The van der Waals surface area contributed by atoms with E-state index in [4.69, 9.17) is 14.0 Å². The largest absolute Gasteiger partial charge is 0.472 e. The molecule has 0 amide bonds. The lowest BCUT2D eigenvalue weighted by molar-refractivity contribution is -0.148. The van der Waals surface area contributed by atoms with Gasteiger partial charge < -0.3 is 34.6 Å². The molecule has 5 N–H and O–H groups in total. The second kappa shape index (κ2) is 47.6. The molecular formula is C51H96O15P2. The number of rotatable bonds is 51. The molecule has 0 fully saturated rings. The van der Waals surface area contributed by atoms with Gasteiger partial charge in [0.2, 0.25) is 0 Å². The number of phosphoric ester groups is 2. The number of phosphoric acid groups is 2. The number of aliphatic hydroxyl groups excluding tert-OH is 3. The number of carbonyl (C=O) groups is 2. The van der Waals surface area contributed by atoms with Crippen molar-refractivity contribution in [3.8, 4) is 0 Å². The van der Waals surface area contributed by atoms with Crippen molar-refractivity contribution in [3.05, 3.63) is 36.5 Å². The summed E-state index contributed by atoms with van der Waals surface area (Å²) in [6, 6.07) is 0. The quantitative estimate of drug-likeness (QED) is 0.0126. The number of hydrogen-bond donors (Lipinski definition) is 5. The van der Waals surface area contributed by atoms with Crippen molar-refractivity contribution in [1.82, 2.24) is 0 Å². The maximum Gasteiger partial charge on any atom is 0.472 e. The molecule has 0 aromatic carbocycles. The molecular weight excluding hydrogens is 914 g/mol. The summed E-state index contributed by atoms with van der Waals surface area (Å²) in [5, 5.41) is 30.1. The third-order valence-electron chi connectivity index (χ3n) is 11.1. The molecule has 0 bridgehead atoms. The monoisotopic (exact) mass is 1010 g/mol. The van der Waals surface area contributed by atoms with Crippen LogP contribution in [0.3, 0.4) is 0 Å². The summed E-state index contributed by atoms with van der Waals surface area (Å²) in [5.74, 6) is -1.00. The number of carbonyl (C=O) groups excluding carboxylic acids is 2. The Hall–Kier alpha value is -1.74. The summed E-state index contributed by atoms with van der Waals surface area (Å²) in [6.45, 7) is 0.402. The van der Waals surface area contributed by atoms with E-state index in [1.165, 1.54) is 116 Å². The first-order chi connectivity index (χ1) is 32.8. The van der Waals surface area contributed by atoms with Gasteiger partial charge in [0.05, 0.1) is 26.4 Å². The number of hydrogen-bond acceptors (Lipinski definition) is 13. The van der Waals surface area contributed by atoms with Crippen molar-refractivity contribution in [3.63, 3.8) is 0 Å². The Balaban J connectivity index is 3.84. The lowest BCUT2D eigenvalue weighted by Crippen LogP contribution is -2.25. The van der Waals surface area contributed by atoms with Gasteiger partial charge in [-0.15, -0.1) is 0 Å². The zero-order valence-electron chi connectivity index (χ0n) is 42.3. The normalized spacial score (nSPS) is 15.2. The van der Waals surface area contributed by atoms with Gasteiger partial charge in [-0.2, -0.15) is 0 Å². The molecule has 0 saturated carbocycles. The number of unbranched alkanes of at least 4 members (excludes halogenated alkanes) is 26. The lowest BCUT2D eigenvalue weighted by atomic mass is 10.0. The van der Waals surface area contributed by atoms with Crippen LogP contribution in [0.5, 0.6) is 0 Å². The van der Waals surface area contributed by atoms with Crippen LogP contribution in [0.2, 0.25) is 0 Å². The van der Waals surface area contributed by atoms with Crippen LogP contribution >= 0.6 is 15.6 Å². The minimum absolute atomic E-state index is 0.184. The molecule has 5 atom stereocenters. The minimum atomic E-state index is -4.79. The highest BCUT2D eigenvalue weighted by molar-refractivity contribution is 7.47. The molecule has 400 valence electrons. The second-order valence-corrected chi connectivity index (χ2v) is 20.8. The van der Waals surface area contributed by atoms with Crippen LogP contribution in [0.25, 0.3) is 0 Å². The molecule has 0 rings (SSSR count). The maximum atomic E-state index is 12.2. The van der Waals surface area contributed by atoms with Gasteiger partial charge in [0.15, 0.2) is 0 Å². The fourth-order valence-electron chi connectivity index (χ4n) is 6.96. The Kier molecular flexibility index (Phi) is 46.4. The maximum absolute atomic E-state index is 12.2. The zero-order valence-corrected chi connectivity index (χ0v) is 44.1. The van der Waals surface area contributed by atoms with E-state index in [0.29, 0.717) is 12.8 Å². The first-order valence-electron chi connectivity index (χ1n) is 26.4. The zero-order chi connectivity index (χ0) is 50.2. The first kappa shape index (κ1) is 66.3. The molecule has 17 heteroatoms. The van der Waals surface area contributed by atoms with E-state index in [-0.39, 0.29) is 12.8 Å². The van der Waals surface area contributed by atoms with Crippen molar-refractivity contribution in [2.24, 2.45) is 0 Å². The third kappa shape index (κ3) is 49.2. The van der Waals surface area contributed by atoms with Gasteiger partial charge in [-0.1, -0.05) is 179 Å². The minimum Gasteiger partial charge on any atom is -0.463 e. The summed E-state index contributed by atoms with van der Waals surface area (Å²) in [7, 11) is -9.58. The summed E-state index contributed by atoms with van der Waals surface area (Å²) in [5.41, 5.74) is 0. The van der Waals surface area contributed by atoms with Gasteiger partial charge in [-0.3, -0.25) is 27.7 Å². The molecule has 5 unspecified atom stereocenters. The molecule has 0 saturated heterocycles. The first-order valence-corrected chi connectivity index (χ1v) is 29.3. The SMILES string of the molecule is CCCCC/C=C/C=C/CCCCCCCCC(=O)OCC(O)COP(=O)(O)OCC(O)COP(=O)(O)OCC(O)COC(=O)CCCCCCCCCCCCC/C=C/CCCCCCCC.